The minimum atomic E-state index is -0.423. The molecule has 0 spiro atoms. The summed E-state index contributed by atoms with van der Waals surface area (Å²) in [6, 6.07) is 4.59. The standard InChI is InChI=1S/C16H13ClFN3S.C12H19NO3/c17-11-7-9(5-6-12(11)18)21-15-14-10-3-1-2-4-13(10)22-16(14)20-8-19-15;1-10(14)4-3-7-13-8-5-11(6-9-13)12(15)16-2/h5-8H,1-4H2,(H,19,20,21);3-4,11H,5-9H2,1-2H3/b;4-3+. The first kappa shape index (κ1) is 28.1. The van der Waals surface area contributed by atoms with Crippen molar-refractivity contribution >= 4 is 56.4 Å². The summed E-state index contributed by atoms with van der Waals surface area (Å²) in [7, 11) is 1.43. The summed E-state index contributed by atoms with van der Waals surface area (Å²) >= 11 is 7.60. The number of nitrogens with zero attached hydrogens (tertiary/aromatic N) is 3. The Morgan fingerprint density at radius 1 is 1.24 bits per heavy atom. The Morgan fingerprint density at radius 2 is 2.00 bits per heavy atom. The summed E-state index contributed by atoms with van der Waals surface area (Å²) in [6.45, 7) is 4.11. The zero-order chi connectivity index (χ0) is 27.1. The number of aromatic nitrogens is 2. The summed E-state index contributed by atoms with van der Waals surface area (Å²) in [5.41, 5.74) is 2.09. The van der Waals surface area contributed by atoms with E-state index in [1.807, 2.05) is 6.08 Å². The number of nitrogens with one attached hydrogen (secondary N) is 1. The lowest BCUT2D eigenvalue weighted by Gasteiger charge is -2.29. The summed E-state index contributed by atoms with van der Waals surface area (Å²) in [5, 5.41) is 4.45. The van der Waals surface area contributed by atoms with Crippen molar-refractivity contribution in [3.8, 4) is 0 Å². The highest BCUT2D eigenvalue weighted by atomic mass is 35.5. The number of halogens is 2. The van der Waals surface area contributed by atoms with Gasteiger partial charge < -0.3 is 10.1 Å². The molecule has 0 saturated carbocycles. The number of ketones is 1. The normalized spacial score (nSPS) is 16.1. The van der Waals surface area contributed by atoms with Crippen LogP contribution in [0.2, 0.25) is 5.02 Å². The number of carbonyl (C=O) groups excluding carboxylic acids is 2. The average molecular weight is 559 g/mol. The molecule has 10 heteroatoms. The minimum Gasteiger partial charge on any atom is -0.469 e. The van der Waals surface area contributed by atoms with Gasteiger partial charge in [0.05, 0.1) is 23.4 Å². The van der Waals surface area contributed by atoms with Gasteiger partial charge in [0.1, 0.15) is 22.8 Å². The van der Waals surface area contributed by atoms with E-state index in [0.29, 0.717) is 0 Å². The first-order valence-electron chi connectivity index (χ1n) is 12.8. The van der Waals surface area contributed by atoms with E-state index in [2.05, 4.69) is 20.2 Å². The van der Waals surface area contributed by atoms with E-state index in [-0.39, 0.29) is 22.7 Å². The number of esters is 1. The molecule has 0 atom stereocenters. The van der Waals surface area contributed by atoms with E-state index < -0.39 is 5.82 Å². The minimum absolute atomic E-state index is 0.0537. The van der Waals surface area contributed by atoms with E-state index >= 15 is 0 Å². The maximum Gasteiger partial charge on any atom is 0.308 e. The van der Waals surface area contributed by atoms with Gasteiger partial charge in [-0.25, -0.2) is 14.4 Å². The second-order valence-electron chi connectivity index (χ2n) is 9.48. The number of aryl methyl sites for hydroxylation is 2. The van der Waals surface area contributed by atoms with Crippen LogP contribution in [0.5, 0.6) is 0 Å². The molecular formula is C28H32ClFN4O3S. The van der Waals surface area contributed by atoms with Gasteiger partial charge in [-0.3, -0.25) is 14.5 Å². The van der Waals surface area contributed by atoms with Crippen LogP contribution in [0.4, 0.5) is 15.9 Å². The number of hydrogen-bond acceptors (Lipinski definition) is 8. The Kier molecular flexibility index (Phi) is 9.82. The number of ether oxygens (including phenoxy) is 1. The number of thiophene rings is 1. The van der Waals surface area contributed by atoms with Gasteiger partial charge in [-0.15, -0.1) is 11.3 Å². The number of allylic oxidation sites excluding steroid dienone is 1. The van der Waals surface area contributed by atoms with Crippen LogP contribution >= 0.6 is 22.9 Å². The first-order chi connectivity index (χ1) is 18.4. The molecule has 0 radical (unpaired) electrons. The zero-order valence-electron chi connectivity index (χ0n) is 21.6. The molecular weight excluding hydrogens is 527 g/mol. The van der Waals surface area contributed by atoms with Crippen molar-refractivity contribution in [1.82, 2.24) is 14.9 Å². The van der Waals surface area contributed by atoms with Crippen molar-refractivity contribution in [2.45, 2.75) is 45.4 Å². The summed E-state index contributed by atoms with van der Waals surface area (Å²) in [6.07, 6.45) is 11.4. The predicted molar refractivity (Wildman–Crippen MR) is 150 cm³/mol. The van der Waals surface area contributed by atoms with Crippen molar-refractivity contribution in [2.75, 3.05) is 32.1 Å². The predicted octanol–water partition coefficient (Wildman–Crippen LogP) is 6.12. The topological polar surface area (TPSA) is 84.4 Å². The fourth-order valence-corrected chi connectivity index (χ4v) is 6.19. The molecule has 1 fully saturated rings. The lowest BCUT2D eigenvalue weighted by atomic mass is 9.97. The average Bonchev–Trinajstić information content (AvgIpc) is 3.30. The maximum atomic E-state index is 13.3. The van der Waals surface area contributed by atoms with E-state index in [9.17, 15) is 14.0 Å². The van der Waals surface area contributed by atoms with E-state index in [1.54, 1.807) is 42.8 Å². The highest BCUT2D eigenvalue weighted by Crippen LogP contribution is 2.39. The van der Waals surface area contributed by atoms with Crippen LogP contribution < -0.4 is 5.32 Å². The van der Waals surface area contributed by atoms with Crippen molar-refractivity contribution < 1.29 is 18.7 Å². The summed E-state index contributed by atoms with van der Waals surface area (Å²) in [5.74, 6) is 0.376. The quantitative estimate of drug-likeness (QED) is 0.288. The van der Waals surface area contributed by atoms with Gasteiger partial charge in [0.25, 0.3) is 0 Å². The fourth-order valence-electron chi connectivity index (χ4n) is 4.78. The lowest BCUT2D eigenvalue weighted by Crippen LogP contribution is -2.36. The second-order valence-corrected chi connectivity index (χ2v) is 11.0. The molecule has 1 aliphatic carbocycles. The van der Waals surface area contributed by atoms with Gasteiger partial charge in [-0.1, -0.05) is 17.7 Å². The van der Waals surface area contributed by atoms with Crippen molar-refractivity contribution in [1.29, 1.82) is 0 Å². The SMILES string of the molecule is COC(=O)C1CCN(C/C=C/C(C)=O)CC1.Fc1ccc(Nc2ncnc3sc4c(c23)CCCC4)cc1Cl. The maximum absolute atomic E-state index is 13.3. The van der Waals surface area contributed by atoms with Gasteiger partial charge in [-0.2, -0.15) is 0 Å². The molecule has 5 rings (SSSR count). The highest BCUT2D eigenvalue weighted by Gasteiger charge is 2.25. The molecule has 0 bridgehead atoms. The van der Waals surface area contributed by atoms with Crippen LogP contribution in [0, 0.1) is 11.7 Å². The second kappa shape index (κ2) is 13.3. The molecule has 0 unspecified atom stereocenters. The number of benzene rings is 1. The fraction of sp³-hybridized carbons (Fsp3) is 0.429. The van der Waals surface area contributed by atoms with Crippen LogP contribution in [-0.2, 0) is 27.2 Å². The summed E-state index contributed by atoms with van der Waals surface area (Å²) in [4.78, 5) is 35.4. The number of likely N-dealkylation sites (tertiary alicyclic amines) is 1. The molecule has 2 aromatic heterocycles. The van der Waals surface area contributed by atoms with Crippen LogP contribution in [0.3, 0.4) is 0 Å². The molecule has 0 amide bonds. The smallest absolute Gasteiger partial charge is 0.308 e. The number of carbonyl (C=O) groups is 2. The first-order valence-corrected chi connectivity index (χ1v) is 14.0. The number of hydrogen-bond donors (Lipinski definition) is 1. The Hall–Kier alpha value is -2.88. The van der Waals surface area contributed by atoms with Crippen molar-refractivity contribution in [3.63, 3.8) is 0 Å². The molecule has 1 aromatic carbocycles. The van der Waals surface area contributed by atoms with Crippen LogP contribution in [0.15, 0.2) is 36.7 Å². The van der Waals surface area contributed by atoms with E-state index in [1.165, 1.54) is 36.5 Å². The Labute approximate surface area is 231 Å². The third kappa shape index (κ3) is 7.15. The molecule has 38 heavy (non-hydrogen) atoms. The Bertz CT molecular complexity index is 1320. The van der Waals surface area contributed by atoms with E-state index in [4.69, 9.17) is 16.3 Å². The third-order valence-corrected chi connectivity index (χ3v) is 8.26. The van der Waals surface area contributed by atoms with Gasteiger partial charge in [-0.05, 0) is 88.4 Å². The third-order valence-electron chi connectivity index (χ3n) is 6.77. The zero-order valence-corrected chi connectivity index (χ0v) is 23.2. The van der Waals surface area contributed by atoms with Crippen LogP contribution in [0.25, 0.3) is 10.2 Å². The van der Waals surface area contributed by atoms with Gasteiger partial charge in [0.15, 0.2) is 5.78 Å². The molecule has 3 heterocycles. The number of anilines is 2. The largest absolute Gasteiger partial charge is 0.469 e. The Morgan fingerprint density at radius 3 is 2.71 bits per heavy atom. The molecule has 1 N–H and O–H groups in total. The van der Waals surface area contributed by atoms with Gasteiger partial charge in [0, 0.05) is 17.1 Å². The van der Waals surface area contributed by atoms with Crippen LogP contribution in [-0.4, -0.2) is 53.4 Å². The monoisotopic (exact) mass is 558 g/mol. The molecule has 202 valence electrons. The highest BCUT2D eigenvalue weighted by molar-refractivity contribution is 7.19. The number of methoxy groups -OCH3 is 1. The number of fused-ring (bicyclic) bond motifs is 3. The molecule has 7 nitrogen and oxygen atoms in total. The molecule has 1 saturated heterocycles. The molecule has 3 aromatic rings. The Balaban J connectivity index is 0.000000188. The molecule has 2 aliphatic rings. The van der Waals surface area contributed by atoms with Gasteiger partial charge >= 0.3 is 5.97 Å². The summed E-state index contributed by atoms with van der Waals surface area (Å²) < 4.78 is 18.0. The number of piperidine rings is 1. The molecule has 1 aliphatic heterocycles. The van der Waals surface area contributed by atoms with Crippen LogP contribution in [0.1, 0.15) is 43.0 Å². The van der Waals surface area contributed by atoms with Crippen molar-refractivity contribution in [2.24, 2.45) is 5.92 Å². The van der Waals surface area contributed by atoms with Crippen molar-refractivity contribution in [3.05, 3.63) is 58.0 Å². The number of rotatable bonds is 6. The van der Waals surface area contributed by atoms with E-state index in [0.717, 1.165) is 67.0 Å². The lowest BCUT2D eigenvalue weighted by molar-refractivity contribution is -0.147. The van der Waals surface area contributed by atoms with Gasteiger partial charge in [0.2, 0.25) is 0 Å².